The van der Waals surface area contributed by atoms with Gasteiger partial charge in [0.25, 0.3) is 0 Å². The smallest absolute Gasteiger partial charge is 0.237 e. The van der Waals surface area contributed by atoms with Crippen LogP contribution in [0, 0.1) is 5.82 Å². The molecule has 0 radical (unpaired) electrons. The Labute approximate surface area is 124 Å². The molecule has 0 bridgehead atoms. The summed E-state index contributed by atoms with van der Waals surface area (Å²) in [5, 5.41) is 6.14. The van der Waals surface area contributed by atoms with E-state index in [2.05, 4.69) is 17.6 Å². The maximum absolute atomic E-state index is 13.0. The minimum atomic E-state index is -0.436. The Morgan fingerprint density at radius 3 is 2.70 bits per heavy atom. The SMILES string of the molecule is CCCC(C)NC(=O)C(C)NCc1ccc(F)c(Cl)c1. The van der Waals surface area contributed by atoms with Crippen molar-refractivity contribution in [3.63, 3.8) is 0 Å². The van der Waals surface area contributed by atoms with Gasteiger partial charge in [-0.15, -0.1) is 0 Å². The fraction of sp³-hybridized carbons (Fsp3) is 0.533. The van der Waals surface area contributed by atoms with Gasteiger partial charge in [-0.3, -0.25) is 4.79 Å². The molecule has 2 unspecified atom stereocenters. The van der Waals surface area contributed by atoms with Crippen LogP contribution < -0.4 is 10.6 Å². The lowest BCUT2D eigenvalue weighted by Gasteiger charge is -2.18. The van der Waals surface area contributed by atoms with Gasteiger partial charge in [-0.2, -0.15) is 0 Å². The van der Waals surface area contributed by atoms with E-state index in [-0.39, 0.29) is 23.0 Å². The number of benzene rings is 1. The predicted octanol–water partition coefficient (Wildman–Crippen LogP) is 3.26. The number of carbonyl (C=O) groups is 1. The van der Waals surface area contributed by atoms with Gasteiger partial charge in [-0.05, 0) is 38.0 Å². The molecule has 3 nitrogen and oxygen atoms in total. The van der Waals surface area contributed by atoms with E-state index >= 15 is 0 Å². The van der Waals surface area contributed by atoms with E-state index in [0.29, 0.717) is 6.54 Å². The number of nitrogens with one attached hydrogen (secondary N) is 2. The summed E-state index contributed by atoms with van der Waals surface area (Å²) in [7, 11) is 0. The first-order chi connectivity index (χ1) is 9.43. The van der Waals surface area contributed by atoms with Gasteiger partial charge in [-0.1, -0.05) is 31.0 Å². The van der Waals surface area contributed by atoms with Gasteiger partial charge in [0.2, 0.25) is 5.91 Å². The van der Waals surface area contributed by atoms with Crippen LogP contribution in [0.15, 0.2) is 18.2 Å². The van der Waals surface area contributed by atoms with Crippen molar-refractivity contribution in [2.75, 3.05) is 0 Å². The van der Waals surface area contributed by atoms with E-state index in [0.717, 1.165) is 18.4 Å². The highest BCUT2D eigenvalue weighted by atomic mass is 35.5. The summed E-state index contributed by atoms with van der Waals surface area (Å²) >= 11 is 5.71. The van der Waals surface area contributed by atoms with Crippen LogP contribution in [0.25, 0.3) is 0 Å². The molecule has 1 aromatic carbocycles. The monoisotopic (exact) mass is 300 g/mol. The highest BCUT2D eigenvalue weighted by molar-refractivity contribution is 6.30. The Bertz CT molecular complexity index is 453. The van der Waals surface area contributed by atoms with E-state index < -0.39 is 5.82 Å². The van der Waals surface area contributed by atoms with Gasteiger partial charge in [0, 0.05) is 12.6 Å². The first kappa shape index (κ1) is 16.9. The highest BCUT2D eigenvalue weighted by Crippen LogP contribution is 2.15. The zero-order valence-corrected chi connectivity index (χ0v) is 12.9. The molecule has 1 aromatic rings. The number of carbonyl (C=O) groups excluding carboxylic acids is 1. The molecule has 2 atom stereocenters. The molecule has 0 aliphatic rings. The van der Waals surface area contributed by atoms with Crippen molar-refractivity contribution >= 4 is 17.5 Å². The quantitative estimate of drug-likeness (QED) is 0.811. The second-order valence-corrected chi connectivity index (χ2v) is 5.46. The van der Waals surface area contributed by atoms with Crippen LogP contribution in [-0.4, -0.2) is 18.0 Å². The van der Waals surface area contributed by atoms with Crippen molar-refractivity contribution in [1.29, 1.82) is 0 Å². The lowest BCUT2D eigenvalue weighted by molar-refractivity contribution is -0.123. The molecule has 0 spiro atoms. The van der Waals surface area contributed by atoms with Crippen molar-refractivity contribution in [2.24, 2.45) is 0 Å². The lowest BCUT2D eigenvalue weighted by atomic mass is 10.1. The van der Waals surface area contributed by atoms with E-state index in [1.54, 1.807) is 19.1 Å². The van der Waals surface area contributed by atoms with Gasteiger partial charge in [-0.25, -0.2) is 4.39 Å². The maximum atomic E-state index is 13.0. The fourth-order valence-electron chi connectivity index (χ4n) is 1.89. The Hall–Kier alpha value is -1.13. The zero-order valence-electron chi connectivity index (χ0n) is 12.2. The molecule has 5 heteroatoms. The third-order valence-electron chi connectivity index (χ3n) is 3.10. The van der Waals surface area contributed by atoms with Crippen LogP contribution in [0.3, 0.4) is 0 Å². The van der Waals surface area contributed by atoms with Gasteiger partial charge in [0.05, 0.1) is 11.1 Å². The van der Waals surface area contributed by atoms with Crippen LogP contribution in [0.5, 0.6) is 0 Å². The van der Waals surface area contributed by atoms with Gasteiger partial charge >= 0.3 is 0 Å². The molecule has 0 aromatic heterocycles. The topological polar surface area (TPSA) is 41.1 Å². The molecule has 0 saturated heterocycles. The molecule has 1 amide bonds. The maximum Gasteiger partial charge on any atom is 0.237 e. The lowest BCUT2D eigenvalue weighted by Crippen LogP contribution is -2.45. The van der Waals surface area contributed by atoms with Gasteiger partial charge < -0.3 is 10.6 Å². The van der Waals surface area contributed by atoms with E-state index in [1.807, 2.05) is 6.92 Å². The van der Waals surface area contributed by atoms with Crippen molar-refractivity contribution in [3.05, 3.63) is 34.6 Å². The average molecular weight is 301 g/mol. The summed E-state index contributed by atoms with van der Waals surface area (Å²) in [6, 6.07) is 4.41. The van der Waals surface area contributed by atoms with Crippen LogP contribution in [-0.2, 0) is 11.3 Å². The molecule has 0 aliphatic heterocycles. The Morgan fingerprint density at radius 2 is 2.10 bits per heavy atom. The van der Waals surface area contributed by atoms with Crippen molar-refractivity contribution in [2.45, 2.75) is 52.2 Å². The fourth-order valence-corrected chi connectivity index (χ4v) is 2.09. The van der Waals surface area contributed by atoms with E-state index in [9.17, 15) is 9.18 Å². The third kappa shape index (κ3) is 5.47. The Morgan fingerprint density at radius 1 is 1.40 bits per heavy atom. The molecule has 20 heavy (non-hydrogen) atoms. The van der Waals surface area contributed by atoms with E-state index in [1.165, 1.54) is 6.07 Å². The summed E-state index contributed by atoms with van der Waals surface area (Å²) < 4.78 is 13.0. The summed E-state index contributed by atoms with van der Waals surface area (Å²) in [6.07, 6.45) is 2.00. The summed E-state index contributed by atoms with van der Waals surface area (Å²) in [4.78, 5) is 11.9. The number of hydrogen-bond donors (Lipinski definition) is 2. The Balaban J connectivity index is 2.43. The summed E-state index contributed by atoms with van der Waals surface area (Å²) in [6.45, 7) is 6.35. The molecular weight excluding hydrogens is 279 g/mol. The zero-order chi connectivity index (χ0) is 15.1. The molecule has 0 saturated carbocycles. The van der Waals surface area contributed by atoms with E-state index in [4.69, 9.17) is 11.6 Å². The van der Waals surface area contributed by atoms with Crippen molar-refractivity contribution in [1.82, 2.24) is 10.6 Å². The van der Waals surface area contributed by atoms with Crippen LogP contribution >= 0.6 is 11.6 Å². The van der Waals surface area contributed by atoms with Gasteiger partial charge in [0.1, 0.15) is 5.82 Å². The molecule has 0 heterocycles. The second-order valence-electron chi connectivity index (χ2n) is 5.05. The van der Waals surface area contributed by atoms with Crippen LogP contribution in [0.2, 0.25) is 5.02 Å². The Kier molecular flexibility index (Phi) is 6.96. The largest absolute Gasteiger partial charge is 0.352 e. The first-order valence-electron chi connectivity index (χ1n) is 6.91. The molecular formula is C15H22ClFN2O. The number of hydrogen-bond acceptors (Lipinski definition) is 2. The molecule has 2 N–H and O–H groups in total. The number of halogens is 2. The van der Waals surface area contributed by atoms with Crippen LogP contribution in [0.1, 0.15) is 39.2 Å². The number of rotatable bonds is 7. The van der Waals surface area contributed by atoms with Crippen LogP contribution in [0.4, 0.5) is 4.39 Å². The first-order valence-corrected chi connectivity index (χ1v) is 7.29. The minimum absolute atomic E-state index is 0.0286. The third-order valence-corrected chi connectivity index (χ3v) is 3.39. The predicted molar refractivity (Wildman–Crippen MR) is 80.2 cm³/mol. The second kappa shape index (κ2) is 8.22. The van der Waals surface area contributed by atoms with Crippen molar-refractivity contribution < 1.29 is 9.18 Å². The average Bonchev–Trinajstić information content (AvgIpc) is 2.39. The normalized spacial score (nSPS) is 13.8. The summed E-state index contributed by atoms with van der Waals surface area (Å²) in [5.74, 6) is -0.464. The number of amides is 1. The van der Waals surface area contributed by atoms with Crippen molar-refractivity contribution in [3.8, 4) is 0 Å². The summed E-state index contributed by atoms with van der Waals surface area (Å²) in [5.41, 5.74) is 0.845. The molecule has 0 aliphatic carbocycles. The standard InChI is InChI=1S/C15H22ClFN2O/c1-4-5-10(2)19-15(20)11(3)18-9-12-6-7-14(17)13(16)8-12/h6-8,10-11,18H,4-5,9H2,1-3H3,(H,19,20). The molecule has 112 valence electrons. The minimum Gasteiger partial charge on any atom is -0.352 e. The van der Waals surface area contributed by atoms with Gasteiger partial charge in [0.15, 0.2) is 0 Å². The highest BCUT2D eigenvalue weighted by Gasteiger charge is 2.14. The molecule has 0 fully saturated rings. The molecule has 1 rings (SSSR count).